The Morgan fingerprint density at radius 3 is 2.50 bits per heavy atom. The van der Waals surface area contributed by atoms with Gasteiger partial charge in [-0.15, -0.1) is 0 Å². The molecule has 1 atom stereocenters. The Hall–Kier alpha value is -1.79. The van der Waals surface area contributed by atoms with Gasteiger partial charge in [0.15, 0.2) is 0 Å². The van der Waals surface area contributed by atoms with E-state index in [9.17, 15) is 14.4 Å². The van der Waals surface area contributed by atoms with E-state index in [1.54, 1.807) is 18.7 Å². The van der Waals surface area contributed by atoms with Crippen molar-refractivity contribution in [2.45, 2.75) is 47.0 Å². The van der Waals surface area contributed by atoms with E-state index in [4.69, 9.17) is 5.11 Å². The monoisotopic (exact) mass is 341 g/mol. The molecule has 3 N–H and O–H groups in total. The fraction of sp³-hybridized carbons (Fsp3) is 0.824. The van der Waals surface area contributed by atoms with Crippen molar-refractivity contribution in [2.24, 2.45) is 17.3 Å². The Balaban J connectivity index is 2.41. The molecule has 0 spiro atoms. The third-order valence-corrected chi connectivity index (χ3v) is 4.25. The SMILES string of the molecule is CC(C)CNC(=O)N1CCCC(CC(=O)NCC(C)(C)C(=O)O)C1. The first-order chi connectivity index (χ1) is 11.1. The van der Waals surface area contributed by atoms with Crippen LogP contribution in [0, 0.1) is 17.3 Å². The largest absolute Gasteiger partial charge is 0.481 e. The summed E-state index contributed by atoms with van der Waals surface area (Å²) < 4.78 is 0. The van der Waals surface area contributed by atoms with Gasteiger partial charge in [0.2, 0.25) is 5.91 Å². The molecule has 138 valence electrons. The minimum Gasteiger partial charge on any atom is -0.481 e. The van der Waals surface area contributed by atoms with Gasteiger partial charge >= 0.3 is 12.0 Å². The lowest BCUT2D eigenvalue weighted by Gasteiger charge is -2.33. The molecular formula is C17H31N3O4. The van der Waals surface area contributed by atoms with Gasteiger partial charge in [0.25, 0.3) is 0 Å². The molecule has 1 rings (SSSR count). The summed E-state index contributed by atoms with van der Waals surface area (Å²) in [5.74, 6) is -0.568. The number of likely N-dealkylation sites (tertiary alicyclic amines) is 1. The molecule has 24 heavy (non-hydrogen) atoms. The number of urea groups is 1. The lowest BCUT2D eigenvalue weighted by Crippen LogP contribution is -2.47. The van der Waals surface area contributed by atoms with Crippen molar-refractivity contribution in [3.05, 3.63) is 0 Å². The summed E-state index contributed by atoms with van der Waals surface area (Å²) in [6.07, 6.45) is 2.11. The fourth-order valence-corrected chi connectivity index (χ4v) is 2.55. The average Bonchev–Trinajstić information content (AvgIpc) is 2.50. The highest BCUT2D eigenvalue weighted by Gasteiger charge is 2.29. The van der Waals surface area contributed by atoms with Crippen LogP contribution in [0.3, 0.4) is 0 Å². The molecule has 0 aromatic heterocycles. The van der Waals surface area contributed by atoms with Crippen LogP contribution < -0.4 is 10.6 Å². The highest BCUT2D eigenvalue weighted by atomic mass is 16.4. The average molecular weight is 341 g/mol. The van der Waals surface area contributed by atoms with Crippen molar-refractivity contribution >= 4 is 17.9 Å². The quantitative estimate of drug-likeness (QED) is 0.656. The summed E-state index contributed by atoms with van der Waals surface area (Å²) in [4.78, 5) is 37.0. The third kappa shape index (κ3) is 6.76. The van der Waals surface area contributed by atoms with Crippen molar-refractivity contribution in [2.75, 3.05) is 26.2 Å². The molecule has 0 aromatic carbocycles. The van der Waals surface area contributed by atoms with E-state index in [-0.39, 0.29) is 24.4 Å². The molecule has 7 heteroatoms. The van der Waals surface area contributed by atoms with Crippen LogP contribution in [0.15, 0.2) is 0 Å². The van der Waals surface area contributed by atoms with E-state index in [2.05, 4.69) is 10.6 Å². The molecule has 0 aromatic rings. The summed E-state index contributed by atoms with van der Waals surface area (Å²) in [5, 5.41) is 14.7. The molecule has 1 unspecified atom stereocenters. The number of carboxylic acids is 1. The maximum atomic E-state index is 12.1. The Morgan fingerprint density at radius 2 is 1.92 bits per heavy atom. The van der Waals surface area contributed by atoms with Gasteiger partial charge in [-0.1, -0.05) is 13.8 Å². The predicted molar refractivity (Wildman–Crippen MR) is 91.6 cm³/mol. The molecule has 1 aliphatic rings. The number of nitrogens with one attached hydrogen (secondary N) is 2. The van der Waals surface area contributed by atoms with Crippen LogP contribution in [0.25, 0.3) is 0 Å². The minimum atomic E-state index is -0.981. The van der Waals surface area contributed by atoms with Crippen LogP contribution in [0.5, 0.6) is 0 Å². The zero-order valence-electron chi connectivity index (χ0n) is 15.2. The smallest absolute Gasteiger partial charge is 0.317 e. The molecule has 0 bridgehead atoms. The number of amides is 3. The normalized spacial score (nSPS) is 18.4. The number of piperidine rings is 1. The van der Waals surface area contributed by atoms with Crippen molar-refractivity contribution in [1.29, 1.82) is 0 Å². The number of hydrogen-bond donors (Lipinski definition) is 3. The summed E-state index contributed by atoms with van der Waals surface area (Å²) in [6.45, 7) is 9.28. The number of carbonyl (C=O) groups is 3. The maximum Gasteiger partial charge on any atom is 0.317 e. The lowest BCUT2D eigenvalue weighted by molar-refractivity contribution is -0.146. The van der Waals surface area contributed by atoms with Crippen LogP contribution >= 0.6 is 0 Å². The number of carbonyl (C=O) groups excluding carboxylic acids is 2. The summed E-state index contributed by atoms with van der Waals surface area (Å²) in [7, 11) is 0. The second-order valence-corrected chi connectivity index (χ2v) is 7.70. The highest BCUT2D eigenvalue weighted by Crippen LogP contribution is 2.20. The third-order valence-electron chi connectivity index (χ3n) is 4.25. The van der Waals surface area contributed by atoms with Gasteiger partial charge in [-0.25, -0.2) is 4.79 Å². The first-order valence-electron chi connectivity index (χ1n) is 8.64. The van der Waals surface area contributed by atoms with Gasteiger partial charge in [-0.2, -0.15) is 0 Å². The second-order valence-electron chi connectivity index (χ2n) is 7.70. The molecule has 1 fully saturated rings. The van der Waals surface area contributed by atoms with Gasteiger partial charge < -0.3 is 20.6 Å². The lowest BCUT2D eigenvalue weighted by atomic mass is 9.92. The first kappa shape index (κ1) is 20.3. The van der Waals surface area contributed by atoms with E-state index in [1.807, 2.05) is 13.8 Å². The van der Waals surface area contributed by atoms with E-state index in [0.29, 0.717) is 32.0 Å². The topological polar surface area (TPSA) is 98.7 Å². The van der Waals surface area contributed by atoms with Crippen molar-refractivity contribution in [3.8, 4) is 0 Å². The number of rotatable bonds is 7. The van der Waals surface area contributed by atoms with Crippen LogP contribution in [0.2, 0.25) is 0 Å². The van der Waals surface area contributed by atoms with Gasteiger partial charge in [0.1, 0.15) is 0 Å². The number of carboxylic acid groups (broad SMARTS) is 1. The predicted octanol–water partition coefficient (Wildman–Crippen LogP) is 1.68. The number of nitrogens with zero attached hydrogens (tertiary/aromatic N) is 1. The zero-order valence-corrected chi connectivity index (χ0v) is 15.2. The van der Waals surface area contributed by atoms with Crippen molar-refractivity contribution < 1.29 is 19.5 Å². The maximum absolute atomic E-state index is 12.1. The van der Waals surface area contributed by atoms with E-state index < -0.39 is 11.4 Å². The Morgan fingerprint density at radius 1 is 1.25 bits per heavy atom. The van der Waals surface area contributed by atoms with Crippen LogP contribution in [0.1, 0.15) is 47.0 Å². The summed E-state index contributed by atoms with van der Waals surface area (Å²) >= 11 is 0. The molecular weight excluding hydrogens is 310 g/mol. The van der Waals surface area contributed by atoms with Gasteiger partial charge in [0.05, 0.1) is 5.41 Å². The van der Waals surface area contributed by atoms with Crippen molar-refractivity contribution in [1.82, 2.24) is 15.5 Å². The molecule has 1 aliphatic heterocycles. The molecule has 0 radical (unpaired) electrons. The summed E-state index contributed by atoms with van der Waals surface area (Å²) in [5.41, 5.74) is -0.981. The minimum absolute atomic E-state index is 0.0687. The van der Waals surface area contributed by atoms with E-state index in [0.717, 1.165) is 12.8 Å². The van der Waals surface area contributed by atoms with Crippen molar-refractivity contribution in [3.63, 3.8) is 0 Å². The standard InChI is InChI=1S/C17H31N3O4/c1-12(2)9-18-16(24)20-7-5-6-13(10-20)8-14(21)19-11-17(3,4)15(22)23/h12-13H,5-11H2,1-4H3,(H,18,24)(H,19,21)(H,22,23). The van der Waals surface area contributed by atoms with E-state index in [1.165, 1.54) is 0 Å². The number of hydrogen-bond acceptors (Lipinski definition) is 3. The molecule has 0 aliphatic carbocycles. The van der Waals surface area contributed by atoms with E-state index >= 15 is 0 Å². The Kier molecular flexibility index (Phi) is 7.51. The second kappa shape index (κ2) is 8.89. The van der Waals surface area contributed by atoms with Crippen LogP contribution in [0.4, 0.5) is 4.79 Å². The van der Waals surface area contributed by atoms with Gasteiger partial charge in [-0.3, -0.25) is 9.59 Å². The van der Waals surface area contributed by atoms with Crippen LogP contribution in [-0.4, -0.2) is 54.1 Å². The Labute approximate surface area is 144 Å². The number of aliphatic carboxylic acids is 1. The summed E-state index contributed by atoms with van der Waals surface area (Å²) in [6, 6.07) is -0.0687. The van der Waals surface area contributed by atoms with Crippen LogP contribution in [-0.2, 0) is 9.59 Å². The zero-order chi connectivity index (χ0) is 18.3. The fourth-order valence-electron chi connectivity index (χ4n) is 2.55. The molecule has 1 saturated heterocycles. The molecule has 3 amide bonds. The van der Waals surface area contributed by atoms with Gasteiger partial charge in [0, 0.05) is 32.6 Å². The molecule has 7 nitrogen and oxygen atoms in total. The molecule has 0 saturated carbocycles. The molecule has 1 heterocycles. The van der Waals surface area contributed by atoms with Gasteiger partial charge in [-0.05, 0) is 38.5 Å². The Bertz CT molecular complexity index is 463. The highest BCUT2D eigenvalue weighted by molar-refractivity contribution is 5.79. The first-order valence-corrected chi connectivity index (χ1v) is 8.64.